The number of carboxylic acids is 1. The van der Waals surface area contributed by atoms with Gasteiger partial charge >= 0.3 is 29.0 Å². The number of aliphatic hydroxyl groups excluding tert-OH is 2. The summed E-state index contributed by atoms with van der Waals surface area (Å²) in [4.78, 5) is 25.0. The zero-order valence-corrected chi connectivity index (χ0v) is 26.7. The number of amides is 1. The van der Waals surface area contributed by atoms with E-state index in [4.69, 9.17) is 5.11 Å². The Morgan fingerprint density at radius 2 is 1.38 bits per heavy atom. The van der Waals surface area contributed by atoms with Gasteiger partial charge in [0.05, 0.1) is 29.9 Å². The quantitative estimate of drug-likeness (QED) is 0.172. The van der Waals surface area contributed by atoms with Crippen LogP contribution in [0.1, 0.15) is 55.1 Å². The Bertz CT molecular complexity index is 1480. The first kappa shape index (κ1) is 41.4. The molecule has 1 aromatic heterocycles. The second kappa shape index (κ2) is 19.0. The summed E-state index contributed by atoms with van der Waals surface area (Å²) in [5.74, 6) is -1.93. The molecule has 0 aliphatic heterocycles. The molecule has 0 saturated carbocycles. The molecular formula is C33H41FMgN2O8+2. The van der Waals surface area contributed by atoms with Gasteiger partial charge in [0.2, 0.25) is 0 Å². The third-order valence-electron chi connectivity index (χ3n) is 6.93. The van der Waals surface area contributed by atoms with Gasteiger partial charge in [-0.05, 0) is 66.3 Å². The topological polar surface area (TPSA) is 206 Å². The number of aromatic nitrogens is 1. The number of nitrogens with one attached hydrogen (secondary N) is 1. The molecule has 0 radical (unpaired) electrons. The largest absolute Gasteiger partial charge is 2.00 e. The van der Waals surface area contributed by atoms with Crippen LogP contribution in [0.25, 0.3) is 22.4 Å². The molecule has 10 N–H and O–H groups in total. The van der Waals surface area contributed by atoms with Gasteiger partial charge in [-0.25, -0.2) is 4.39 Å². The van der Waals surface area contributed by atoms with Crippen LogP contribution in [-0.2, 0) is 11.3 Å². The Balaban J connectivity index is 0.00000484. The Hall–Kier alpha value is -3.62. The van der Waals surface area contributed by atoms with Gasteiger partial charge in [0.1, 0.15) is 5.82 Å². The van der Waals surface area contributed by atoms with E-state index in [1.54, 1.807) is 12.1 Å². The van der Waals surface area contributed by atoms with E-state index in [-0.39, 0.29) is 76.5 Å². The number of carbonyl (C=O) groups excluding carboxylic acids is 1. The van der Waals surface area contributed by atoms with Crippen LogP contribution in [-0.4, -0.2) is 83.5 Å². The van der Waals surface area contributed by atoms with Gasteiger partial charge < -0.3 is 41.6 Å². The molecule has 0 fully saturated rings. The second-order valence-electron chi connectivity index (χ2n) is 10.4. The van der Waals surface area contributed by atoms with Crippen molar-refractivity contribution >= 4 is 40.6 Å². The summed E-state index contributed by atoms with van der Waals surface area (Å²) >= 11 is 0. The summed E-state index contributed by atoms with van der Waals surface area (Å²) < 4.78 is 16.0. The fourth-order valence-electron chi connectivity index (χ4n) is 5.20. The molecule has 0 unspecified atom stereocenters. The molecule has 45 heavy (non-hydrogen) atoms. The fraction of sp³-hybridized carbons (Fsp3) is 0.273. The van der Waals surface area contributed by atoms with Crippen molar-refractivity contribution in [2.45, 2.75) is 57.8 Å². The maximum atomic E-state index is 14.0. The zero-order chi connectivity index (χ0) is 29.5. The Kier molecular flexibility index (Phi) is 17.5. The zero-order valence-electron chi connectivity index (χ0n) is 25.3. The van der Waals surface area contributed by atoms with Crippen LogP contribution in [0.2, 0.25) is 0 Å². The molecule has 0 saturated heterocycles. The normalized spacial score (nSPS) is 11.6. The number of carbonyl (C=O) groups is 2. The van der Waals surface area contributed by atoms with E-state index in [2.05, 4.69) is 5.32 Å². The van der Waals surface area contributed by atoms with Crippen molar-refractivity contribution in [3.63, 3.8) is 0 Å². The van der Waals surface area contributed by atoms with Crippen molar-refractivity contribution in [1.29, 1.82) is 0 Å². The number of halogens is 1. The summed E-state index contributed by atoms with van der Waals surface area (Å²) in [7, 11) is 0. The molecule has 0 aliphatic rings. The summed E-state index contributed by atoms with van der Waals surface area (Å²) in [5.41, 5.74) is 4.77. The van der Waals surface area contributed by atoms with Crippen LogP contribution in [0.15, 0.2) is 84.9 Å². The van der Waals surface area contributed by atoms with E-state index in [0.717, 1.165) is 11.3 Å². The maximum Gasteiger partial charge on any atom is 2.00 e. The van der Waals surface area contributed by atoms with E-state index in [0.29, 0.717) is 28.1 Å². The molecule has 0 spiro atoms. The predicted molar refractivity (Wildman–Crippen MR) is 174 cm³/mol. The fourth-order valence-corrected chi connectivity index (χ4v) is 5.20. The number of carboxylic acid groups (broad SMARTS) is 1. The first-order valence-corrected chi connectivity index (χ1v) is 13.7. The summed E-state index contributed by atoms with van der Waals surface area (Å²) in [5, 5.41) is 32.8. The number of nitrogens with zero attached hydrogens (tertiary/aromatic N) is 1. The third kappa shape index (κ3) is 10.5. The number of aliphatic carboxylic acids is 1. The minimum atomic E-state index is -1.18. The van der Waals surface area contributed by atoms with Crippen molar-refractivity contribution in [3.05, 3.63) is 102 Å². The number of rotatable bonds is 12. The van der Waals surface area contributed by atoms with Crippen LogP contribution < -0.4 is 5.32 Å². The van der Waals surface area contributed by atoms with Crippen molar-refractivity contribution in [2.24, 2.45) is 0 Å². The molecule has 0 aliphatic carbocycles. The van der Waals surface area contributed by atoms with E-state index in [9.17, 15) is 24.2 Å². The molecule has 4 rings (SSSR count). The molecular weight excluding hydrogens is 596 g/mol. The summed E-state index contributed by atoms with van der Waals surface area (Å²) in [6.45, 7) is 4.25. The molecule has 10 nitrogen and oxygen atoms in total. The van der Waals surface area contributed by atoms with Gasteiger partial charge in [0, 0.05) is 23.5 Å². The van der Waals surface area contributed by atoms with Crippen LogP contribution >= 0.6 is 0 Å². The van der Waals surface area contributed by atoms with Crippen molar-refractivity contribution < 1.29 is 45.7 Å². The molecule has 1 amide bonds. The molecule has 12 heteroatoms. The Labute approximate surface area is 277 Å². The number of aliphatic hydroxyl groups is 2. The maximum absolute atomic E-state index is 14.0. The number of benzene rings is 3. The molecule has 1 heterocycles. The van der Waals surface area contributed by atoms with Gasteiger partial charge in [-0.15, -0.1) is 0 Å². The summed E-state index contributed by atoms with van der Waals surface area (Å²) in [6, 6.07) is 24.8. The van der Waals surface area contributed by atoms with E-state index >= 15 is 0 Å². The first-order chi connectivity index (χ1) is 19.7. The van der Waals surface area contributed by atoms with Gasteiger partial charge in [-0.2, -0.15) is 0 Å². The first-order valence-electron chi connectivity index (χ1n) is 13.7. The number of hydrogen-bond acceptors (Lipinski definition) is 4. The minimum absolute atomic E-state index is 0. The number of hydrogen-bond donors (Lipinski definition) is 4. The van der Waals surface area contributed by atoms with E-state index < -0.39 is 24.6 Å². The second-order valence-corrected chi connectivity index (χ2v) is 10.4. The Morgan fingerprint density at radius 1 is 0.822 bits per heavy atom. The van der Waals surface area contributed by atoms with Crippen molar-refractivity contribution in [3.8, 4) is 22.4 Å². The summed E-state index contributed by atoms with van der Waals surface area (Å²) in [6.07, 6.45) is -2.51. The van der Waals surface area contributed by atoms with Crippen LogP contribution in [0, 0.1) is 5.82 Å². The minimum Gasteiger partial charge on any atom is -0.481 e. The van der Waals surface area contributed by atoms with Crippen molar-refractivity contribution in [1.82, 2.24) is 4.57 Å². The van der Waals surface area contributed by atoms with Crippen LogP contribution in [0.4, 0.5) is 10.1 Å². The van der Waals surface area contributed by atoms with Gasteiger partial charge in [0.25, 0.3) is 5.91 Å². The average Bonchev–Trinajstić information content (AvgIpc) is 3.28. The van der Waals surface area contributed by atoms with E-state index in [1.165, 1.54) is 12.1 Å². The number of anilines is 1. The van der Waals surface area contributed by atoms with Crippen LogP contribution in [0.3, 0.4) is 0 Å². The monoisotopic (exact) mass is 636 g/mol. The van der Waals surface area contributed by atoms with Crippen LogP contribution in [0.5, 0.6) is 0 Å². The average molecular weight is 637 g/mol. The molecule has 0 bridgehead atoms. The predicted octanol–water partition coefficient (Wildman–Crippen LogP) is 3.46. The third-order valence-corrected chi connectivity index (χ3v) is 6.93. The smallest absolute Gasteiger partial charge is 0.481 e. The van der Waals surface area contributed by atoms with Gasteiger partial charge in [-0.3, -0.25) is 9.59 Å². The Morgan fingerprint density at radius 3 is 1.91 bits per heavy atom. The van der Waals surface area contributed by atoms with Gasteiger partial charge in [0.15, 0.2) is 0 Å². The van der Waals surface area contributed by atoms with E-state index in [1.807, 2.05) is 79.1 Å². The van der Waals surface area contributed by atoms with Gasteiger partial charge in [-0.1, -0.05) is 62.4 Å². The SMILES string of the molecule is CC(C)c1c(C(=O)Nc2ccccc2)c(-c2ccccc2)c(-c2ccc(F)cc2)n1CC[C@@H](O)C[C@@H](O)CC(=O)O.O.O.O.[Mg+2]. The molecule has 3 aromatic carbocycles. The molecule has 238 valence electrons. The molecule has 4 aromatic rings. The number of para-hydroxylation sites is 1. The molecule has 2 atom stereocenters. The standard InChI is InChI=1S/C33H35FN2O5.Mg.3H2O/c1-21(2)31-30(33(41)35-25-11-7-4-8-12-25)29(22-9-5-3-6-10-22)32(23-13-15-24(34)16-14-23)36(31)18-17-26(37)19-27(38)20-28(39)40;;;;/h3-16,21,26-27,37-38H,17-20H2,1-2H3,(H,35,41)(H,39,40);;3*1H2/q;+2;;;/t26-,27-;;;;/m1..../s1. The van der Waals surface area contributed by atoms with Crippen molar-refractivity contribution in [2.75, 3.05) is 5.32 Å².